The van der Waals surface area contributed by atoms with Gasteiger partial charge >= 0.3 is 0 Å². The lowest BCUT2D eigenvalue weighted by atomic mass is 9.94. The molecule has 26 heavy (non-hydrogen) atoms. The number of hydrogen-bond acceptors (Lipinski definition) is 3. The van der Waals surface area contributed by atoms with Crippen LogP contribution in [-0.4, -0.2) is 11.8 Å². The molecule has 0 aliphatic carbocycles. The Hall–Kier alpha value is -3.11. The van der Waals surface area contributed by atoms with E-state index in [9.17, 15) is 9.59 Å². The summed E-state index contributed by atoms with van der Waals surface area (Å²) >= 11 is 4.63. The Bertz CT molecular complexity index is 934. The molecule has 0 radical (unpaired) electrons. The molecule has 1 heterocycles. The summed E-state index contributed by atoms with van der Waals surface area (Å²) in [6, 6.07) is 27.1. The number of nitrogens with one attached hydrogen (secondary N) is 1. The molecule has 3 aromatic carbocycles. The van der Waals surface area contributed by atoms with E-state index in [2.05, 4.69) is 73.3 Å². The molecule has 4 rings (SSSR count). The first-order valence-electron chi connectivity index (χ1n) is 8.11. The van der Waals surface area contributed by atoms with E-state index in [-0.39, 0.29) is 11.8 Å². The van der Waals surface area contributed by atoms with Crippen molar-refractivity contribution in [1.82, 2.24) is 5.32 Å². The summed E-state index contributed by atoms with van der Waals surface area (Å²) in [5, 5.41) is 2.03. The smallest absolute Gasteiger partial charge is 0.250 e. The van der Waals surface area contributed by atoms with Crippen LogP contribution in [0.25, 0.3) is 22.3 Å². The van der Waals surface area contributed by atoms with Crippen molar-refractivity contribution < 1.29 is 9.59 Å². The SMILES string of the molecule is O=C1C=CC(=O)N1.Sc1cccc(-c2ccccc2)c1-c1ccccc1. The van der Waals surface area contributed by atoms with Crippen molar-refractivity contribution in [2.75, 3.05) is 0 Å². The molecule has 0 aromatic heterocycles. The van der Waals surface area contributed by atoms with Crippen molar-refractivity contribution in [3.63, 3.8) is 0 Å². The summed E-state index contributed by atoms with van der Waals surface area (Å²) in [6.07, 6.45) is 2.39. The fraction of sp³-hybridized carbons (Fsp3) is 0. The minimum atomic E-state index is -0.329. The van der Waals surface area contributed by atoms with Gasteiger partial charge in [0.15, 0.2) is 0 Å². The second-order valence-electron chi connectivity index (χ2n) is 5.62. The van der Waals surface area contributed by atoms with Crippen LogP contribution in [-0.2, 0) is 9.59 Å². The molecule has 2 amide bonds. The molecule has 1 aliphatic rings. The summed E-state index contributed by atoms with van der Waals surface area (Å²) in [6.45, 7) is 0. The van der Waals surface area contributed by atoms with Crippen molar-refractivity contribution in [1.29, 1.82) is 0 Å². The molecule has 0 fully saturated rings. The molecule has 1 N–H and O–H groups in total. The highest BCUT2D eigenvalue weighted by Crippen LogP contribution is 2.36. The van der Waals surface area contributed by atoms with Crippen LogP contribution in [0, 0.1) is 0 Å². The molecule has 4 heteroatoms. The number of rotatable bonds is 2. The Morgan fingerprint density at radius 2 is 1.15 bits per heavy atom. The summed E-state index contributed by atoms with van der Waals surface area (Å²) in [7, 11) is 0. The number of imide groups is 1. The minimum absolute atomic E-state index is 0.329. The molecule has 1 aliphatic heterocycles. The molecular formula is C22H17NO2S. The number of hydrogen-bond donors (Lipinski definition) is 2. The van der Waals surface area contributed by atoms with Gasteiger partial charge in [0.05, 0.1) is 0 Å². The molecule has 0 unspecified atom stereocenters. The fourth-order valence-electron chi connectivity index (χ4n) is 2.66. The summed E-state index contributed by atoms with van der Waals surface area (Å²) in [4.78, 5) is 21.1. The quantitative estimate of drug-likeness (QED) is 0.522. The normalized spacial score (nSPS) is 12.3. The van der Waals surface area contributed by atoms with Gasteiger partial charge in [-0.1, -0.05) is 72.8 Å². The maximum atomic E-state index is 10.0. The lowest BCUT2D eigenvalue weighted by Crippen LogP contribution is -2.19. The van der Waals surface area contributed by atoms with E-state index in [1.54, 1.807) is 0 Å². The maximum Gasteiger partial charge on any atom is 0.250 e. The van der Waals surface area contributed by atoms with Crippen molar-refractivity contribution in [2.45, 2.75) is 4.90 Å². The van der Waals surface area contributed by atoms with Gasteiger partial charge in [0.25, 0.3) is 11.8 Å². The molecule has 0 saturated carbocycles. The number of amides is 2. The third-order valence-corrected chi connectivity index (χ3v) is 4.19. The molecule has 128 valence electrons. The zero-order chi connectivity index (χ0) is 18.4. The number of thiol groups is 1. The average Bonchev–Trinajstić information content (AvgIpc) is 3.06. The summed E-state index contributed by atoms with van der Waals surface area (Å²) < 4.78 is 0. The lowest BCUT2D eigenvalue weighted by Gasteiger charge is -2.12. The van der Waals surface area contributed by atoms with E-state index in [0.717, 1.165) is 4.90 Å². The van der Waals surface area contributed by atoms with Gasteiger partial charge in [0.2, 0.25) is 0 Å². The van der Waals surface area contributed by atoms with Crippen LogP contribution in [0.1, 0.15) is 0 Å². The number of carbonyl (C=O) groups excluding carboxylic acids is 2. The number of benzene rings is 3. The Morgan fingerprint density at radius 1 is 0.615 bits per heavy atom. The first kappa shape index (κ1) is 17.7. The van der Waals surface area contributed by atoms with Crippen molar-refractivity contribution >= 4 is 24.4 Å². The highest BCUT2D eigenvalue weighted by atomic mass is 32.1. The van der Waals surface area contributed by atoms with E-state index in [0.29, 0.717) is 0 Å². The zero-order valence-corrected chi connectivity index (χ0v) is 14.8. The monoisotopic (exact) mass is 359 g/mol. The summed E-state index contributed by atoms with van der Waals surface area (Å²) in [5.74, 6) is -0.657. The molecular weight excluding hydrogens is 342 g/mol. The first-order valence-corrected chi connectivity index (χ1v) is 8.56. The van der Waals surface area contributed by atoms with Crippen LogP contribution in [0.2, 0.25) is 0 Å². The van der Waals surface area contributed by atoms with Gasteiger partial charge in [-0.2, -0.15) is 0 Å². The molecule has 0 atom stereocenters. The third kappa shape index (κ3) is 4.29. The van der Waals surface area contributed by atoms with Crippen LogP contribution in [0.4, 0.5) is 0 Å². The zero-order valence-electron chi connectivity index (χ0n) is 13.9. The van der Waals surface area contributed by atoms with Crippen LogP contribution in [0.5, 0.6) is 0 Å². The molecule has 3 aromatic rings. The third-order valence-electron chi connectivity index (χ3n) is 3.82. The molecule has 0 spiro atoms. The average molecular weight is 359 g/mol. The first-order chi connectivity index (χ1) is 12.6. The largest absolute Gasteiger partial charge is 0.289 e. The maximum absolute atomic E-state index is 10.0. The van der Waals surface area contributed by atoms with Gasteiger partial charge < -0.3 is 0 Å². The van der Waals surface area contributed by atoms with Gasteiger partial charge in [0, 0.05) is 22.6 Å². The standard InChI is InChI=1S/C18H14S.C4H3NO2/c19-17-13-7-12-16(14-8-3-1-4-9-14)18(17)15-10-5-2-6-11-15;6-3-1-2-4(7)5-3/h1-13,19H;1-2H,(H,5,6,7). The molecule has 0 saturated heterocycles. The second-order valence-corrected chi connectivity index (χ2v) is 6.10. The highest BCUT2D eigenvalue weighted by Gasteiger charge is 2.09. The van der Waals surface area contributed by atoms with Gasteiger partial charge in [-0.15, -0.1) is 12.6 Å². The molecule has 3 nitrogen and oxygen atoms in total. The molecule has 0 bridgehead atoms. The van der Waals surface area contributed by atoms with Gasteiger partial charge in [-0.25, -0.2) is 0 Å². The van der Waals surface area contributed by atoms with Gasteiger partial charge in [-0.05, 0) is 22.8 Å². The van der Waals surface area contributed by atoms with Crippen LogP contribution in [0.15, 0.2) is 95.9 Å². The van der Waals surface area contributed by atoms with E-state index >= 15 is 0 Å². The van der Waals surface area contributed by atoms with Gasteiger partial charge in [0.1, 0.15) is 0 Å². The van der Waals surface area contributed by atoms with Crippen LogP contribution >= 0.6 is 12.6 Å². The predicted octanol–water partition coefficient (Wildman–Crippen LogP) is 4.51. The minimum Gasteiger partial charge on any atom is -0.289 e. The predicted molar refractivity (Wildman–Crippen MR) is 107 cm³/mol. The Kier molecular flexibility index (Phi) is 5.66. The van der Waals surface area contributed by atoms with Crippen LogP contribution < -0.4 is 5.32 Å². The Morgan fingerprint density at radius 3 is 1.65 bits per heavy atom. The van der Waals surface area contributed by atoms with Gasteiger partial charge in [-0.3, -0.25) is 14.9 Å². The van der Waals surface area contributed by atoms with E-state index in [4.69, 9.17) is 0 Å². The van der Waals surface area contributed by atoms with Crippen molar-refractivity contribution in [2.24, 2.45) is 0 Å². The van der Waals surface area contributed by atoms with Crippen molar-refractivity contribution in [3.8, 4) is 22.3 Å². The Labute approximate surface area is 157 Å². The Balaban J connectivity index is 0.000000236. The summed E-state index contributed by atoms with van der Waals surface area (Å²) in [5.41, 5.74) is 4.83. The van der Waals surface area contributed by atoms with E-state index < -0.39 is 0 Å². The van der Waals surface area contributed by atoms with Crippen molar-refractivity contribution in [3.05, 3.63) is 91.0 Å². The second kappa shape index (κ2) is 8.32. The number of carbonyl (C=O) groups is 2. The topological polar surface area (TPSA) is 46.2 Å². The fourth-order valence-corrected chi connectivity index (χ4v) is 3.00. The highest BCUT2D eigenvalue weighted by molar-refractivity contribution is 7.80. The van der Waals surface area contributed by atoms with E-state index in [1.807, 2.05) is 23.5 Å². The lowest BCUT2D eigenvalue weighted by molar-refractivity contribution is -0.123. The van der Waals surface area contributed by atoms with Crippen LogP contribution in [0.3, 0.4) is 0 Å². The van der Waals surface area contributed by atoms with E-state index in [1.165, 1.54) is 34.4 Å².